The van der Waals surface area contributed by atoms with Crippen LogP contribution in [0.15, 0.2) is 12.7 Å². The van der Waals surface area contributed by atoms with Crippen LogP contribution < -0.4 is 0 Å². The normalized spacial score (nSPS) is 24.1. The fourth-order valence-electron chi connectivity index (χ4n) is 5.07. The van der Waals surface area contributed by atoms with Gasteiger partial charge in [-0.1, -0.05) is 67.0 Å². The maximum absolute atomic E-state index is 16.2. The van der Waals surface area contributed by atoms with Gasteiger partial charge in [0.2, 0.25) is 9.04 Å². The van der Waals surface area contributed by atoms with E-state index in [0.717, 1.165) is 0 Å². The number of imidazole rings is 1. The SMILES string of the molecule is CC(C)[Si](OC[C@H]1C[C@@H](n2cnc3c(Cl)ncnc32)[C@H](F)[C@@H]1O[Si](O)(C(C)C)C(C)C)C(C)C. The summed E-state index contributed by atoms with van der Waals surface area (Å²) in [6.07, 6.45) is 1.34. The number of aromatic nitrogens is 4. The van der Waals surface area contributed by atoms with Crippen LogP contribution in [0.4, 0.5) is 4.39 Å². The molecule has 1 aliphatic rings. The molecule has 0 spiro atoms. The average Bonchev–Trinajstić information content (AvgIpc) is 3.30. The summed E-state index contributed by atoms with van der Waals surface area (Å²) >= 11 is 6.18. The van der Waals surface area contributed by atoms with Crippen molar-refractivity contribution in [3.05, 3.63) is 17.8 Å². The molecule has 7 nitrogen and oxygen atoms in total. The molecule has 3 rings (SSSR count). The van der Waals surface area contributed by atoms with Crippen molar-refractivity contribution in [2.24, 2.45) is 5.92 Å². The highest BCUT2D eigenvalue weighted by Crippen LogP contribution is 2.44. The molecule has 0 aliphatic heterocycles. The largest absolute Gasteiger partial charge is 0.416 e. The van der Waals surface area contributed by atoms with E-state index in [2.05, 4.69) is 42.6 Å². The van der Waals surface area contributed by atoms with Gasteiger partial charge in [-0.3, -0.25) is 0 Å². The Morgan fingerprint density at radius 2 is 1.74 bits per heavy atom. The van der Waals surface area contributed by atoms with Crippen LogP contribution in [0.1, 0.15) is 67.9 Å². The van der Waals surface area contributed by atoms with Crippen LogP contribution in [-0.4, -0.2) is 60.8 Å². The van der Waals surface area contributed by atoms with E-state index in [9.17, 15) is 4.80 Å². The summed E-state index contributed by atoms with van der Waals surface area (Å²) in [7, 11) is -4.27. The predicted octanol–water partition coefficient (Wildman–Crippen LogP) is 5.85. The van der Waals surface area contributed by atoms with E-state index < -0.39 is 35.9 Å². The zero-order valence-electron chi connectivity index (χ0n) is 21.5. The lowest BCUT2D eigenvalue weighted by atomic mass is 10.1. The lowest BCUT2D eigenvalue weighted by Crippen LogP contribution is -2.51. The molecule has 1 radical (unpaired) electrons. The molecule has 1 N–H and O–H groups in total. The molecule has 0 bridgehead atoms. The van der Waals surface area contributed by atoms with Gasteiger partial charge in [0.15, 0.2) is 10.8 Å². The van der Waals surface area contributed by atoms with Crippen LogP contribution in [0.25, 0.3) is 11.2 Å². The smallest absolute Gasteiger partial charge is 0.341 e. The second kappa shape index (κ2) is 11.0. The lowest BCUT2D eigenvalue weighted by Gasteiger charge is -2.37. The number of fused-ring (bicyclic) bond motifs is 1. The number of alkyl halides is 1. The molecule has 2 heterocycles. The summed E-state index contributed by atoms with van der Waals surface area (Å²) in [6.45, 7) is 17.0. The van der Waals surface area contributed by atoms with Gasteiger partial charge >= 0.3 is 8.56 Å². The van der Waals surface area contributed by atoms with Crippen LogP contribution in [0.2, 0.25) is 27.3 Å². The quantitative estimate of drug-likeness (QED) is 0.307. The molecule has 0 unspecified atom stereocenters. The molecule has 4 atom stereocenters. The summed E-state index contributed by atoms with van der Waals surface area (Å²) < 4.78 is 30.8. The zero-order chi connectivity index (χ0) is 25.4. The fraction of sp³-hybridized carbons (Fsp3) is 0.783. The second-order valence-corrected chi connectivity index (χ2v) is 18.5. The van der Waals surface area contributed by atoms with Crippen LogP contribution in [-0.2, 0) is 8.85 Å². The molecule has 0 saturated heterocycles. The van der Waals surface area contributed by atoms with Gasteiger partial charge in [0.1, 0.15) is 18.0 Å². The molecule has 0 amide bonds. The van der Waals surface area contributed by atoms with E-state index in [4.69, 9.17) is 20.5 Å². The molecule has 2 aromatic heterocycles. The molecule has 11 heteroatoms. The third-order valence-corrected chi connectivity index (χ3v) is 14.0. The van der Waals surface area contributed by atoms with Crippen molar-refractivity contribution in [1.82, 2.24) is 19.5 Å². The summed E-state index contributed by atoms with van der Waals surface area (Å²) in [5, 5.41) is 0.243. The molecule has 191 valence electrons. The van der Waals surface area contributed by atoms with E-state index in [1.54, 1.807) is 10.9 Å². The predicted molar refractivity (Wildman–Crippen MR) is 137 cm³/mol. The zero-order valence-corrected chi connectivity index (χ0v) is 24.3. The summed E-state index contributed by atoms with van der Waals surface area (Å²) in [4.78, 5) is 24.1. The third kappa shape index (κ3) is 5.41. The molecule has 2 aromatic rings. The van der Waals surface area contributed by atoms with E-state index in [1.165, 1.54) is 6.33 Å². The minimum absolute atomic E-state index is 0.0631. The highest BCUT2D eigenvalue weighted by atomic mass is 35.5. The van der Waals surface area contributed by atoms with Gasteiger partial charge in [-0.25, -0.2) is 19.3 Å². The fourth-order valence-corrected chi connectivity index (χ4v) is 10.3. The maximum Gasteiger partial charge on any atom is 0.341 e. The van der Waals surface area contributed by atoms with Gasteiger partial charge in [-0.15, -0.1) is 0 Å². The van der Waals surface area contributed by atoms with E-state index >= 15 is 4.39 Å². The molecule has 1 saturated carbocycles. The molecule has 1 aliphatic carbocycles. The maximum atomic E-state index is 16.2. The summed E-state index contributed by atoms with van der Waals surface area (Å²) in [5.74, 6) is -0.191. The second-order valence-electron chi connectivity index (χ2n) is 10.7. The Kier molecular flexibility index (Phi) is 8.95. The monoisotopic (exact) mass is 529 g/mol. The van der Waals surface area contributed by atoms with Gasteiger partial charge in [0.05, 0.1) is 18.5 Å². The minimum atomic E-state index is -3.19. The summed E-state index contributed by atoms with van der Waals surface area (Å²) in [6, 6.07) is -0.541. The topological polar surface area (TPSA) is 82.3 Å². The Hall–Kier alpha value is -0.916. The Bertz CT molecular complexity index is 945. The first kappa shape index (κ1) is 27.7. The highest BCUT2D eigenvalue weighted by Gasteiger charge is 2.52. The van der Waals surface area contributed by atoms with Crippen molar-refractivity contribution in [2.75, 3.05) is 6.61 Å². The number of rotatable bonds is 10. The van der Waals surface area contributed by atoms with Crippen molar-refractivity contribution in [3.63, 3.8) is 0 Å². The molecule has 34 heavy (non-hydrogen) atoms. The highest BCUT2D eigenvalue weighted by molar-refractivity contribution is 6.68. The number of hydrogen-bond acceptors (Lipinski definition) is 6. The van der Waals surface area contributed by atoms with Gasteiger partial charge in [0, 0.05) is 12.5 Å². The molecule has 0 aromatic carbocycles. The van der Waals surface area contributed by atoms with Crippen molar-refractivity contribution in [3.8, 4) is 0 Å². The molecule has 1 fully saturated rings. The van der Waals surface area contributed by atoms with Crippen LogP contribution in [0.3, 0.4) is 0 Å². The third-order valence-electron chi connectivity index (χ3n) is 6.94. The summed E-state index contributed by atoms with van der Waals surface area (Å²) in [5.41, 5.74) is 1.71. The molecular formula is C23H39ClFN4O3Si2. The molecular weight excluding hydrogens is 491 g/mol. The van der Waals surface area contributed by atoms with Gasteiger partial charge in [0.25, 0.3) is 0 Å². The Morgan fingerprint density at radius 3 is 2.29 bits per heavy atom. The van der Waals surface area contributed by atoms with Gasteiger partial charge < -0.3 is 18.2 Å². The first-order chi connectivity index (χ1) is 15.9. The number of hydrogen-bond donors (Lipinski definition) is 1. The van der Waals surface area contributed by atoms with Crippen molar-refractivity contribution >= 4 is 40.4 Å². The van der Waals surface area contributed by atoms with E-state index in [-0.39, 0.29) is 22.2 Å². The minimum Gasteiger partial charge on any atom is -0.416 e. The van der Waals surface area contributed by atoms with Crippen LogP contribution in [0, 0.1) is 5.92 Å². The Labute approximate surface area is 210 Å². The van der Waals surface area contributed by atoms with Crippen LogP contribution in [0.5, 0.6) is 0 Å². The van der Waals surface area contributed by atoms with Gasteiger partial charge in [-0.2, -0.15) is 0 Å². The van der Waals surface area contributed by atoms with E-state index in [1.807, 2.05) is 27.7 Å². The van der Waals surface area contributed by atoms with E-state index in [0.29, 0.717) is 35.3 Å². The Balaban J connectivity index is 1.94. The lowest BCUT2D eigenvalue weighted by molar-refractivity contribution is 0.0312. The first-order valence-electron chi connectivity index (χ1n) is 12.2. The van der Waals surface area contributed by atoms with Gasteiger partial charge in [-0.05, 0) is 28.6 Å². The van der Waals surface area contributed by atoms with Crippen LogP contribution >= 0.6 is 11.6 Å². The number of nitrogens with zero attached hydrogens (tertiary/aromatic N) is 4. The van der Waals surface area contributed by atoms with Crippen molar-refractivity contribution < 1.29 is 18.0 Å². The Morgan fingerprint density at radius 1 is 1.12 bits per heavy atom. The van der Waals surface area contributed by atoms with Crippen molar-refractivity contribution in [1.29, 1.82) is 0 Å². The van der Waals surface area contributed by atoms with Crippen molar-refractivity contribution in [2.45, 2.75) is 102 Å². The standard InChI is InChI=1S/C23H39ClFN4O3Si2/c1-13(2)33(14(3)4)31-10-17-9-18(29-12-28-20-22(24)26-11-27-23(20)29)19(25)21(17)32-34(30,15(5)6)16(7)8/h11-19,21,30H,9-10H2,1-8H3/t17-,18-,19+,21-/m1/s1. The average molecular weight is 530 g/mol. The first-order valence-corrected chi connectivity index (χ1v) is 16.2. The number of halogens is 2.